The molecule has 100 valence electrons. The van der Waals surface area contributed by atoms with Gasteiger partial charge in [0.1, 0.15) is 16.8 Å². The Morgan fingerprint density at radius 2 is 1.79 bits per heavy atom. The van der Waals surface area contributed by atoms with Crippen molar-refractivity contribution in [1.29, 1.82) is 0 Å². The molecule has 0 saturated heterocycles. The molecule has 0 aliphatic heterocycles. The number of rotatable bonds is 3. The molecule has 0 fully saturated rings. The van der Waals surface area contributed by atoms with Gasteiger partial charge in [0.25, 0.3) is 0 Å². The third kappa shape index (κ3) is 3.04. The Morgan fingerprint density at radius 3 is 2.47 bits per heavy atom. The van der Waals surface area contributed by atoms with Gasteiger partial charge in [0, 0.05) is 19.2 Å². The van der Waals surface area contributed by atoms with Crippen LogP contribution >= 0.6 is 11.6 Å². The average Bonchev–Trinajstić information content (AvgIpc) is 2.36. The van der Waals surface area contributed by atoms with Crippen LogP contribution in [-0.4, -0.2) is 17.0 Å². The Bertz CT molecular complexity index is 596. The SMILES string of the molecule is Cc1nc(Cl)c(C)c(N(C)Cc2ccccc2C)n1. The summed E-state index contributed by atoms with van der Waals surface area (Å²) in [6.45, 7) is 6.73. The number of hydrogen-bond acceptors (Lipinski definition) is 3. The number of benzene rings is 1. The summed E-state index contributed by atoms with van der Waals surface area (Å²) in [5.41, 5.74) is 3.49. The molecule has 0 saturated carbocycles. The van der Waals surface area contributed by atoms with Gasteiger partial charge in [-0.1, -0.05) is 35.9 Å². The minimum Gasteiger partial charge on any atom is -0.355 e. The number of aromatic nitrogens is 2. The second-order valence-electron chi connectivity index (χ2n) is 4.79. The monoisotopic (exact) mass is 275 g/mol. The first-order valence-corrected chi connectivity index (χ1v) is 6.63. The summed E-state index contributed by atoms with van der Waals surface area (Å²) in [5.74, 6) is 1.59. The van der Waals surface area contributed by atoms with Crippen LogP contribution in [0.25, 0.3) is 0 Å². The van der Waals surface area contributed by atoms with E-state index in [-0.39, 0.29) is 0 Å². The lowest BCUT2D eigenvalue weighted by Gasteiger charge is -2.21. The van der Waals surface area contributed by atoms with Gasteiger partial charge in [-0.05, 0) is 31.9 Å². The van der Waals surface area contributed by atoms with Gasteiger partial charge in [-0.15, -0.1) is 0 Å². The van der Waals surface area contributed by atoms with Crippen LogP contribution in [0.3, 0.4) is 0 Å². The molecule has 1 aromatic heterocycles. The van der Waals surface area contributed by atoms with E-state index in [4.69, 9.17) is 11.6 Å². The number of halogens is 1. The molecule has 0 bridgehead atoms. The predicted octanol–water partition coefficient (Wildman–Crippen LogP) is 3.69. The first-order chi connectivity index (χ1) is 8.99. The Labute approximate surface area is 119 Å². The number of aryl methyl sites for hydroxylation is 2. The molecule has 19 heavy (non-hydrogen) atoms. The van der Waals surface area contributed by atoms with Crippen LogP contribution in [-0.2, 0) is 6.54 Å². The average molecular weight is 276 g/mol. The van der Waals surface area contributed by atoms with E-state index in [2.05, 4.69) is 46.1 Å². The number of anilines is 1. The second-order valence-corrected chi connectivity index (χ2v) is 5.15. The van der Waals surface area contributed by atoms with Crippen molar-refractivity contribution in [3.8, 4) is 0 Å². The molecule has 4 heteroatoms. The van der Waals surface area contributed by atoms with Gasteiger partial charge in [0.2, 0.25) is 0 Å². The number of nitrogens with zero attached hydrogens (tertiary/aromatic N) is 3. The van der Waals surface area contributed by atoms with E-state index in [1.807, 2.05) is 20.9 Å². The van der Waals surface area contributed by atoms with Crippen molar-refractivity contribution < 1.29 is 0 Å². The molecular weight excluding hydrogens is 258 g/mol. The third-order valence-electron chi connectivity index (χ3n) is 3.20. The largest absolute Gasteiger partial charge is 0.355 e. The van der Waals surface area contributed by atoms with E-state index in [1.54, 1.807) is 0 Å². The quantitative estimate of drug-likeness (QED) is 0.800. The van der Waals surface area contributed by atoms with Gasteiger partial charge in [-0.3, -0.25) is 0 Å². The second kappa shape index (κ2) is 5.57. The van der Waals surface area contributed by atoms with Gasteiger partial charge in [-0.25, -0.2) is 9.97 Å². The lowest BCUT2D eigenvalue weighted by atomic mass is 10.1. The van der Waals surface area contributed by atoms with Crippen LogP contribution in [0.1, 0.15) is 22.5 Å². The fourth-order valence-corrected chi connectivity index (χ4v) is 2.28. The lowest BCUT2D eigenvalue weighted by molar-refractivity contribution is 0.864. The molecule has 0 N–H and O–H groups in total. The molecule has 3 nitrogen and oxygen atoms in total. The standard InChI is InChI=1S/C15H18ClN3/c1-10-7-5-6-8-13(10)9-19(4)15-11(2)14(16)17-12(3)18-15/h5-8H,9H2,1-4H3. The topological polar surface area (TPSA) is 29.0 Å². The van der Waals surface area contributed by atoms with Crippen LogP contribution in [0, 0.1) is 20.8 Å². The highest BCUT2D eigenvalue weighted by Gasteiger charge is 2.12. The van der Waals surface area contributed by atoms with Crippen LogP contribution in [0.15, 0.2) is 24.3 Å². The van der Waals surface area contributed by atoms with Crippen molar-refractivity contribution in [2.24, 2.45) is 0 Å². The Kier molecular flexibility index (Phi) is 4.05. The summed E-state index contributed by atoms with van der Waals surface area (Å²) in [5, 5.41) is 0.527. The summed E-state index contributed by atoms with van der Waals surface area (Å²) in [6, 6.07) is 8.36. The van der Waals surface area contributed by atoms with Crippen molar-refractivity contribution in [2.75, 3.05) is 11.9 Å². The molecule has 2 aromatic rings. The van der Waals surface area contributed by atoms with E-state index in [9.17, 15) is 0 Å². The first kappa shape index (κ1) is 13.8. The summed E-state index contributed by atoms with van der Waals surface area (Å²) in [4.78, 5) is 10.8. The van der Waals surface area contributed by atoms with Gasteiger partial charge < -0.3 is 4.90 Å². The highest BCUT2D eigenvalue weighted by Crippen LogP contribution is 2.24. The molecule has 0 aliphatic carbocycles. The first-order valence-electron chi connectivity index (χ1n) is 6.25. The van der Waals surface area contributed by atoms with Crippen LogP contribution in [0.5, 0.6) is 0 Å². The molecule has 1 aromatic carbocycles. The molecule has 1 heterocycles. The van der Waals surface area contributed by atoms with Gasteiger partial charge >= 0.3 is 0 Å². The molecule has 0 spiro atoms. The van der Waals surface area contributed by atoms with Crippen LogP contribution in [0.2, 0.25) is 5.15 Å². The van der Waals surface area contributed by atoms with E-state index in [1.165, 1.54) is 11.1 Å². The minimum absolute atomic E-state index is 0.527. The fraction of sp³-hybridized carbons (Fsp3) is 0.333. The lowest BCUT2D eigenvalue weighted by Crippen LogP contribution is -2.20. The Balaban J connectivity index is 2.30. The summed E-state index contributed by atoms with van der Waals surface area (Å²) >= 11 is 6.12. The maximum absolute atomic E-state index is 6.12. The molecule has 0 radical (unpaired) electrons. The highest BCUT2D eigenvalue weighted by molar-refractivity contribution is 6.30. The summed E-state index contributed by atoms with van der Waals surface area (Å²) < 4.78 is 0. The third-order valence-corrected chi connectivity index (χ3v) is 3.57. The van der Waals surface area contributed by atoms with E-state index < -0.39 is 0 Å². The zero-order chi connectivity index (χ0) is 14.0. The van der Waals surface area contributed by atoms with E-state index in [0.29, 0.717) is 11.0 Å². The van der Waals surface area contributed by atoms with E-state index >= 15 is 0 Å². The molecule has 0 unspecified atom stereocenters. The van der Waals surface area contributed by atoms with Crippen molar-refractivity contribution in [3.05, 3.63) is 51.9 Å². The smallest absolute Gasteiger partial charge is 0.137 e. The number of hydrogen-bond donors (Lipinski definition) is 0. The van der Waals surface area contributed by atoms with Gasteiger partial charge in [-0.2, -0.15) is 0 Å². The Hall–Kier alpha value is -1.61. The Morgan fingerprint density at radius 1 is 1.11 bits per heavy atom. The summed E-state index contributed by atoms with van der Waals surface area (Å²) in [7, 11) is 2.03. The summed E-state index contributed by atoms with van der Waals surface area (Å²) in [6.07, 6.45) is 0. The predicted molar refractivity (Wildman–Crippen MR) is 79.8 cm³/mol. The highest BCUT2D eigenvalue weighted by atomic mass is 35.5. The molecule has 2 rings (SSSR count). The maximum atomic E-state index is 6.12. The van der Waals surface area contributed by atoms with Gasteiger partial charge in [0.15, 0.2) is 0 Å². The van der Waals surface area contributed by atoms with Gasteiger partial charge in [0.05, 0.1) is 0 Å². The molecule has 0 atom stereocenters. The molecule has 0 amide bonds. The van der Waals surface area contributed by atoms with E-state index in [0.717, 1.165) is 17.9 Å². The fourth-order valence-electron chi connectivity index (χ4n) is 2.07. The van der Waals surface area contributed by atoms with Crippen molar-refractivity contribution in [3.63, 3.8) is 0 Å². The molecule has 0 aliphatic rings. The maximum Gasteiger partial charge on any atom is 0.137 e. The van der Waals surface area contributed by atoms with Crippen molar-refractivity contribution in [2.45, 2.75) is 27.3 Å². The van der Waals surface area contributed by atoms with Crippen LogP contribution < -0.4 is 4.90 Å². The normalized spacial score (nSPS) is 10.6. The van der Waals surface area contributed by atoms with Crippen molar-refractivity contribution >= 4 is 17.4 Å². The van der Waals surface area contributed by atoms with Crippen LogP contribution in [0.4, 0.5) is 5.82 Å². The van der Waals surface area contributed by atoms with Crippen molar-refractivity contribution in [1.82, 2.24) is 9.97 Å². The zero-order valence-electron chi connectivity index (χ0n) is 11.7. The zero-order valence-corrected chi connectivity index (χ0v) is 12.5. The minimum atomic E-state index is 0.527. The molecular formula is C15H18ClN3.